The van der Waals surface area contributed by atoms with E-state index in [0.717, 1.165) is 23.4 Å². The van der Waals surface area contributed by atoms with Crippen LogP contribution in [0.5, 0.6) is 0 Å². The van der Waals surface area contributed by atoms with Crippen molar-refractivity contribution in [1.82, 2.24) is 0 Å². The Labute approximate surface area is 256 Å². The summed E-state index contributed by atoms with van der Waals surface area (Å²) in [6.07, 6.45) is 24.7. The van der Waals surface area contributed by atoms with Crippen LogP contribution >= 0.6 is 0 Å². The SMILES string of the molecule is CCCCCCCCCCCCCCCCCC[N+](C)(C)CCC[SiH]1OCCOCC(CCOCCO)OCCO1. The van der Waals surface area contributed by atoms with E-state index in [4.69, 9.17) is 28.2 Å². The molecule has 2 unspecified atom stereocenters. The summed E-state index contributed by atoms with van der Waals surface area (Å²) in [5, 5.41) is 8.84. The first kappa shape index (κ1) is 39.0. The van der Waals surface area contributed by atoms with Gasteiger partial charge in [-0.25, -0.2) is 0 Å². The van der Waals surface area contributed by atoms with Gasteiger partial charge in [-0.2, -0.15) is 0 Å². The van der Waals surface area contributed by atoms with E-state index in [1.165, 1.54) is 116 Å². The first-order valence-electron chi connectivity index (χ1n) is 17.5. The molecule has 1 heterocycles. The van der Waals surface area contributed by atoms with Gasteiger partial charge in [0.2, 0.25) is 0 Å². The molecule has 0 saturated carbocycles. The second-order valence-corrected chi connectivity index (χ2v) is 14.8. The molecule has 8 heteroatoms. The molecule has 2 atom stereocenters. The van der Waals surface area contributed by atoms with Crippen molar-refractivity contribution in [2.75, 3.05) is 80.0 Å². The van der Waals surface area contributed by atoms with E-state index in [1.54, 1.807) is 0 Å². The van der Waals surface area contributed by atoms with Crippen LogP contribution in [0.15, 0.2) is 0 Å². The summed E-state index contributed by atoms with van der Waals surface area (Å²) >= 11 is 0. The Morgan fingerprint density at radius 3 is 1.80 bits per heavy atom. The van der Waals surface area contributed by atoms with Crippen molar-refractivity contribution in [1.29, 1.82) is 0 Å². The van der Waals surface area contributed by atoms with E-state index in [-0.39, 0.29) is 12.7 Å². The first-order valence-corrected chi connectivity index (χ1v) is 19.3. The van der Waals surface area contributed by atoms with Crippen molar-refractivity contribution in [3.63, 3.8) is 0 Å². The van der Waals surface area contributed by atoms with Gasteiger partial charge in [0.25, 0.3) is 0 Å². The quantitative estimate of drug-likeness (QED) is 0.0667. The smallest absolute Gasteiger partial charge is 0.321 e. The summed E-state index contributed by atoms with van der Waals surface area (Å²) in [4.78, 5) is 0. The lowest BCUT2D eigenvalue weighted by Crippen LogP contribution is -2.41. The highest BCUT2D eigenvalue weighted by molar-refractivity contribution is 6.44. The van der Waals surface area contributed by atoms with Crippen LogP contribution < -0.4 is 0 Å². The molecule has 1 saturated heterocycles. The molecule has 1 aliphatic heterocycles. The number of unbranched alkanes of at least 4 members (excludes halogenated alkanes) is 15. The van der Waals surface area contributed by atoms with Crippen molar-refractivity contribution >= 4 is 9.28 Å². The lowest BCUT2D eigenvalue weighted by molar-refractivity contribution is -0.890. The minimum absolute atomic E-state index is 0.00172. The average molecular weight is 605 g/mol. The van der Waals surface area contributed by atoms with Crippen LogP contribution in [0.1, 0.15) is 122 Å². The number of hydrogen-bond donors (Lipinski definition) is 1. The van der Waals surface area contributed by atoms with Crippen molar-refractivity contribution < 1.29 is 32.7 Å². The molecule has 1 N–H and O–H groups in total. The van der Waals surface area contributed by atoms with Crippen molar-refractivity contribution in [2.24, 2.45) is 0 Å². The summed E-state index contributed by atoms with van der Waals surface area (Å²) in [5.41, 5.74) is 0. The highest BCUT2D eigenvalue weighted by atomic mass is 28.3. The van der Waals surface area contributed by atoms with Gasteiger partial charge in [-0.15, -0.1) is 0 Å². The third-order valence-corrected chi connectivity index (χ3v) is 10.3. The van der Waals surface area contributed by atoms with Crippen LogP contribution in [-0.2, 0) is 23.1 Å². The zero-order valence-electron chi connectivity index (χ0n) is 27.6. The molecule has 0 bridgehead atoms. The van der Waals surface area contributed by atoms with Gasteiger partial charge < -0.3 is 32.7 Å². The fourth-order valence-corrected chi connectivity index (χ4v) is 7.21. The minimum Gasteiger partial charge on any atom is -0.394 e. The molecule has 0 spiro atoms. The third-order valence-electron chi connectivity index (χ3n) is 8.22. The highest BCUT2D eigenvalue weighted by Gasteiger charge is 2.20. The van der Waals surface area contributed by atoms with Gasteiger partial charge in [0.05, 0.1) is 79.5 Å². The molecule has 0 radical (unpaired) electrons. The van der Waals surface area contributed by atoms with Crippen molar-refractivity contribution in [3.05, 3.63) is 0 Å². The van der Waals surface area contributed by atoms with Crippen molar-refractivity contribution in [2.45, 2.75) is 135 Å². The van der Waals surface area contributed by atoms with Gasteiger partial charge in [-0.3, -0.25) is 0 Å². The van der Waals surface area contributed by atoms with Crippen LogP contribution in [-0.4, -0.2) is 105 Å². The fraction of sp³-hybridized carbons (Fsp3) is 1.00. The molecular formula is C33H70NO6Si+. The second-order valence-electron chi connectivity index (χ2n) is 12.7. The molecule has 0 aromatic carbocycles. The molecule has 246 valence electrons. The largest absolute Gasteiger partial charge is 0.394 e. The number of rotatable bonds is 26. The van der Waals surface area contributed by atoms with Crippen LogP contribution in [0.4, 0.5) is 0 Å². The lowest BCUT2D eigenvalue weighted by Gasteiger charge is -2.30. The Bertz CT molecular complexity index is 542. The summed E-state index contributed by atoms with van der Waals surface area (Å²) in [6, 6.07) is 1.04. The average Bonchev–Trinajstić information content (AvgIpc) is 3.00. The minimum atomic E-state index is -1.70. The van der Waals surface area contributed by atoms with Gasteiger partial charge in [0, 0.05) is 6.61 Å². The number of quaternary nitrogens is 1. The van der Waals surface area contributed by atoms with Crippen LogP contribution in [0, 0.1) is 0 Å². The summed E-state index contributed by atoms with van der Waals surface area (Å²) in [7, 11) is 3.05. The predicted molar refractivity (Wildman–Crippen MR) is 173 cm³/mol. The molecule has 0 aliphatic carbocycles. The van der Waals surface area contributed by atoms with Crippen molar-refractivity contribution in [3.8, 4) is 0 Å². The van der Waals surface area contributed by atoms with E-state index < -0.39 is 9.28 Å². The first-order chi connectivity index (χ1) is 20.1. The maximum atomic E-state index is 8.84. The molecule has 41 heavy (non-hydrogen) atoms. The summed E-state index contributed by atoms with van der Waals surface area (Å²) in [5.74, 6) is 0. The topological polar surface area (TPSA) is 66.4 Å². The van der Waals surface area contributed by atoms with E-state index in [0.29, 0.717) is 46.2 Å². The molecule has 0 aromatic rings. The fourth-order valence-electron chi connectivity index (χ4n) is 5.54. The number of nitrogens with zero attached hydrogens (tertiary/aromatic N) is 1. The summed E-state index contributed by atoms with van der Waals surface area (Å²) < 4.78 is 30.4. The number of aliphatic hydroxyl groups excluding tert-OH is 1. The summed E-state index contributed by atoms with van der Waals surface area (Å²) in [6.45, 7) is 8.58. The maximum absolute atomic E-state index is 8.84. The lowest BCUT2D eigenvalue weighted by atomic mass is 10.0. The molecule has 1 fully saturated rings. The zero-order chi connectivity index (χ0) is 29.7. The van der Waals surface area contributed by atoms with Crippen LogP contribution in [0.2, 0.25) is 6.04 Å². The highest BCUT2D eigenvalue weighted by Crippen LogP contribution is 2.15. The monoisotopic (exact) mass is 604 g/mol. The molecule has 7 nitrogen and oxygen atoms in total. The number of hydrogen-bond acceptors (Lipinski definition) is 6. The van der Waals surface area contributed by atoms with Gasteiger partial charge >= 0.3 is 9.28 Å². The Morgan fingerprint density at radius 1 is 0.683 bits per heavy atom. The number of aliphatic hydroxyl groups is 1. The second kappa shape index (κ2) is 28.7. The van der Waals surface area contributed by atoms with Gasteiger partial charge in [-0.1, -0.05) is 96.8 Å². The van der Waals surface area contributed by atoms with E-state index in [1.807, 2.05) is 0 Å². The van der Waals surface area contributed by atoms with Gasteiger partial charge in [0.15, 0.2) is 0 Å². The van der Waals surface area contributed by atoms with E-state index in [9.17, 15) is 0 Å². The van der Waals surface area contributed by atoms with Gasteiger partial charge in [0.1, 0.15) is 0 Å². The Hall–Kier alpha value is -0.0631. The standard InChI is InChI=1S/C33H70NO6Si/c1-4-5-6-7-8-9-10-11-12-13-14-15-16-17-18-19-22-34(2,3)23-20-31-41-39-29-27-37-32-33(38-28-30-40-41)21-25-36-26-24-35/h33,35,41H,4-32H2,1-3H3/q+1. The molecular weight excluding hydrogens is 534 g/mol. The van der Waals surface area contributed by atoms with E-state index >= 15 is 0 Å². The third kappa shape index (κ3) is 26.1. The Morgan fingerprint density at radius 2 is 1.22 bits per heavy atom. The molecule has 0 amide bonds. The maximum Gasteiger partial charge on any atom is 0.321 e. The Balaban J connectivity index is 2.00. The Kier molecular flexibility index (Phi) is 27.3. The molecule has 0 aromatic heterocycles. The number of ether oxygens (including phenoxy) is 3. The zero-order valence-corrected chi connectivity index (χ0v) is 28.8. The predicted octanol–water partition coefficient (Wildman–Crippen LogP) is 6.78. The van der Waals surface area contributed by atoms with E-state index in [2.05, 4.69) is 21.0 Å². The van der Waals surface area contributed by atoms with Crippen LogP contribution in [0.3, 0.4) is 0 Å². The normalized spacial score (nSPS) is 19.3. The molecule has 1 aliphatic rings. The van der Waals surface area contributed by atoms with Crippen LogP contribution in [0.25, 0.3) is 0 Å². The van der Waals surface area contributed by atoms with Gasteiger partial charge in [-0.05, 0) is 31.7 Å². The molecule has 1 rings (SSSR count).